The van der Waals surface area contributed by atoms with Crippen LogP contribution in [0.25, 0.3) is 10.8 Å². The molecule has 1 atom stereocenters. The molecule has 1 N–H and O–H groups in total. The molecule has 0 spiro atoms. The molecule has 0 saturated carbocycles. The quantitative estimate of drug-likeness (QED) is 0.775. The molecule has 0 bridgehead atoms. The van der Waals surface area contributed by atoms with Crippen molar-refractivity contribution in [3.63, 3.8) is 0 Å². The van der Waals surface area contributed by atoms with E-state index in [0.717, 1.165) is 22.0 Å². The fraction of sp³-hybridized carbons (Fsp3) is 0.200. The first-order valence-electron chi connectivity index (χ1n) is 8.36. The molecule has 126 valence electrons. The van der Waals surface area contributed by atoms with Crippen LogP contribution >= 0.6 is 0 Å². The lowest BCUT2D eigenvalue weighted by Gasteiger charge is -2.33. The zero-order chi connectivity index (χ0) is 17.1. The molecule has 3 aromatic rings. The number of fused-ring (bicyclic) bond motifs is 1. The van der Waals surface area contributed by atoms with Crippen molar-refractivity contribution < 1.29 is 9.53 Å². The van der Waals surface area contributed by atoms with Crippen LogP contribution in [0, 0.1) is 0 Å². The maximum Gasteiger partial charge on any atom is 0.322 e. The van der Waals surface area contributed by atoms with E-state index >= 15 is 0 Å². The molecule has 2 aromatic carbocycles. The Morgan fingerprint density at radius 3 is 2.88 bits per heavy atom. The molecule has 2 amide bonds. The molecule has 25 heavy (non-hydrogen) atoms. The van der Waals surface area contributed by atoms with Crippen molar-refractivity contribution in [3.05, 3.63) is 72.6 Å². The van der Waals surface area contributed by atoms with Gasteiger partial charge >= 0.3 is 6.03 Å². The van der Waals surface area contributed by atoms with Gasteiger partial charge in [-0.15, -0.1) is 0 Å². The second-order valence-corrected chi connectivity index (χ2v) is 6.05. The molecular formula is C20H19N3O2. The van der Waals surface area contributed by atoms with Crippen LogP contribution in [0.5, 0.6) is 0 Å². The first-order valence-corrected chi connectivity index (χ1v) is 8.36. The summed E-state index contributed by atoms with van der Waals surface area (Å²) in [7, 11) is 0. The summed E-state index contributed by atoms with van der Waals surface area (Å²) in [5.41, 5.74) is 1.89. The average molecular weight is 333 g/mol. The van der Waals surface area contributed by atoms with Gasteiger partial charge in [-0.05, 0) is 17.7 Å². The van der Waals surface area contributed by atoms with Crippen molar-refractivity contribution in [2.75, 3.05) is 25.0 Å². The Bertz CT molecular complexity index is 877. The Hall–Kier alpha value is -2.92. The summed E-state index contributed by atoms with van der Waals surface area (Å²) in [6.45, 7) is 1.66. The third-order valence-electron chi connectivity index (χ3n) is 4.45. The number of hydrogen-bond acceptors (Lipinski definition) is 3. The normalized spacial score (nSPS) is 17.4. The number of benzene rings is 2. The van der Waals surface area contributed by atoms with E-state index in [1.807, 2.05) is 54.6 Å². The molecule has 1 aliphatic heterocycles. The molecule has 0 aliphatic carbocycles. The summed E-state index contributed by atoms with van der Waals surface area (Å²) >= 11 is 0. The summed E-state index contributed by atoms with van der Waals surface area (Å²) in [4.78, 5) is 18.7. The highest BCUT2D eigenvalue weighted by Gasteiger charge is 2.25. The molecule has 1 fully saturated rings. The Balaban J connectivity index is 1.51. The molecular weight excluding hydrogens is 314 g/mol. The molecule has 1 aromatic heterocycles. The number of aromatic nitrogens is 1. The molecule has 0 unspecified atom stereocenters. The number of pyridine rings is 1. The van der Waals surface area contributed by atoms with Crippen molar-refractivity contribution in [1.82, 2.24) is 9.88 Å². The largest absolute Gasteiger partial charge is 0.370 e. The van der Waals surface area contributed by atoms with Crippen LogP contribution in [0.1, 0.15) is 11.7 Å². The summed E-state index contributed by atoms with van der Waals surface area (Å²) in [6, 6.07) is 17.6. The number of nitrogens with one attached hydrogen (secondary N) is 1. The van der Waals surface area contributed by atoms with Crippen molar-refractivity contribution >= 4 is 22.5 Å². The van der Waals surface area contributed by atoms with Gasteiger partial charge in [0.1, 0.15) is 6.10 Å². The highest BCUT2D eigenvalue weighted by Crippen LogP contribution is 2.25. The predicted molar refractivity (Wildman–Crippen MR) is 97.5 cm³/mol. The Labute approximate surface area is 146 Å². The molecule has 5 heteroatoms. The monoisotopic (exact) mass is 333 g/mol. The molecule has 4 rings (SSSR count). The lowest BCUT2D eigenvalue weighted by molar-refractivity contribution is -0.0135. The highest BCUT2D eigenvalue weighted by molar-refractivity contribution is 6.01. The van der Waals surface area contributed by atoms with E-state index in [2.05, 4.69) is 10.3 Å². The van der Waals surface area contributed by atoms with Crippen molar-refractivity contribution in [2.45, 2.75) is 6.10 Å². The average Bonchev–Trinajstić information content (AvgIpc) is 2.69. The Morgan fingerprint density at radius 1 is 1.12 bits per heavy atom. The van der Waals surface area contributed by atoms with Gasteiger partial charge in [0.25, 0.3) is 0 Å². The van der Waals surface area contributed by atoms with Gasteiger partial charge in [0.15, 0.2) is 0 Å². The first kappa shape index (κ1) is 15.6. The zero-order valence-electron chi connectivity index (χ0n) is 13.8. The zero-order valence-corrected chi connectivity index (χ0v) is 13.8. The summed E-state index contributed by atoms with van der Waals surface area (Å²) < 4.78 is 5.83. The smallest absolute Gasteiger partial charge is 0.322 e. The predicted octanol–water partition coefficient (Wildman–Crippen LogP) is 3.84. The minimum atomic E-state index is -0.103. The number of amides is 2. The number of hydrogen-bond donors (Lipinski definition) is 1. The van der Waals surface area contributed by atoms with Crippen LogP contribution < -0.4 is 5.32 Å². The van der Waals surface area contributed by atoms with E-state index in [9.17, 15) is 4.79 Å². The van der Waals surface area contributed by atoms with Crippen LogP contribution in [0.4, 0.5) is 10.5 Å². The third-order valence-corrected chi connectivity index (χ3v) is 4.45. The van der Waals surface area contributed by atoms with E-state index < -0.39 is 0 Å². The molecule has 1 saturated heterocycles. The van der Waals surface area contributed by atoms with Crippen LogP contribution in [0.2, 0.25) is 0 Å². The van der Waals surface area contributed by atoms with Gasteiger partial charge in [0, 0.05) is 29.7 Å². The van der Waals surface area contributed by atoms with Crippen molar-refractivity contribution in [2.24, 2.45) is 0 Å². The minimum Gasteiger partial charge on any atom is -0.370 e. The van der Waals surface area contributed by atoms with E-state index in [1.54, 1.807) is 17.3 Å². The number of rotatable bonds is 2. The molecule has 2 heterocycles. The fourth-order valence-corrected chi connectivity index (χ4v) is 3.13. The number of morpholine rings is 1. The maximum absolute atomic E-state index is 12.7. The van der Waals surface area contributed by atoms with Crippen LogP contribution in [0.3, 0.4) is 0 Å². The molecule has 5 nitrogen and oxygen atoms in total. The topological polar surface area (TPSA) is 54.5 Å². The Morgan fingerprint density at radius 2 is 2.00 bits per heavy atom. The number of anilines is 1. The SMILES string of the molecule is O=C(Nc1cccc2cnccc12)N1CCO[C@@H](c2ccccc2)C1. The van der Waals surface area contributed by atoms with Gasteiger partial charge in [-0.2, -0.15) is 0 Å². The standard InChI is InChI=1S/C20H19N3O2/c24-20(22-18-8-4-7-16-13-21-10-9-17(16)18)23-11-12-25-19(14-23)15-5-2-1-3-6-15/h1-10,13,19H,11-12,14H2,(H,22,24)/t19-/m1/s1. The van der Waals surface area contributed by atoms with E-state index in [4.69, 9.17) is 4.74 Å². The molecule has 1 aliphatic rings. The van der Waals surface area contributed by atoms with E-state index in [1.165, 1.54) is 0 Å². The van der Waals surface area contributed by atoms with Crippen molar-refractivity contribution in [1.29, 1.82) is 0 Å². The van der Waals surface area contributed by atoms with Gasteiger partial charge in [-0.25, -0.2) is 4.79 Å². The van der Waals surface area contributed by atoms with Crippen LogP contribution in [-0.2, 0) is 4.74 Å². The number of urea groups is 1. The lowest BCUT2D eigenvalue weighted by atomic mass is 10.1. The fourth-order valence-electron chi connectivity index (χ4n) is 3.13. The number of ether oxygens (including phenoxy) is 1. The first-order chi connectivity index (χ1) is 12.3. The second kappa shape index (κ2) is 6.91. The summed E-state index contributed by atoms with van der Waals surface area (Å²) in [5.74, 6) is 0. The Kier molecular flexibility index (Phi) is 4.31. The van der Waals surface area contributed by atoms with Gasteiger partial charge < -0.3 is 15.0 Å². The summed E-state index contributed by atoms with van der Waals surface area (Å²) in [5, 5.41) is 5.02. The van der Waals surface area contributed by atoms with Gasteiger partial charge in [-0.3, -0.25) is 4.98 Å². The van der Waals surface area contributed by atoms with E-state index in [0.29, 0.717) is 19.7 Å². The number of nitrogens with zero attached hydrogens (tertiary/aromatic N) is 2. The number of carbonyl (C=O) groups excluding carboxylic acids is 1. The minimum absolute atomic E-state index is 0.0857. The van der Waals surface area contributed by atoms with E-state index in [-0.39, 0.29) is 12.1 Å². The summed E-state index contributed by atoms with van der Waals surface area (Å²) in [6.07, 6.45) is 3.45. The molecule has 0 radical (unpaired) electrons. The van der Waals surface area contributed by atoms with Gasteiger partial charge in [0.2, 0.25) is 0 Å². The van der Waals surface area contributed by atoms with Gasteiger partial charge in [0.05, 0.1) is 18.8 Å². The second-order valence-electron chi connectivity index (χ2n) is 6.05. The highest BCUT2D eigenvalue weighted by atomic mass is 16.5. The lowest BCUT2D eigenvalue weighted by Crippen LogP contribution is -2.44. The van der Waals surface area contributed by atoms with Crippen molar-refractivity contribution in [3.8, 4) is 0 Å². The van der Waals surface area contributed by atoms with Crippen LogP contribution in [-0.4, -0.2) is 35.6 Å². The van der Waals surface area contributed by atoms with Crippen LogP contribution in [0.15, 0.2) is 67.0 Å². The van der Waals surface area contributed by atoms with Gasteiger partial charge in [-0.1, -0.05) is 42.5 Å². The third kappa shape index (κ3) is 3.32. The number of carbonyl (C=O) groups is 1. The maximum atomic E-state index is 12.7.